The molecule has 0 aliphatic heterocycles. The van der Waals surface area contributed by atoms with Crippen molar-refractivity contribution in [2.45, 2.75) is 6.18 Å². The van der Waals surface area contributed by atoms with Crippen LogP contribution in [0, 0.1) is 0 Å². The minimum atomic E-state index is -4.49. The molecule has 0 atom stereocenters. The van der Waals surface area contributed by atoms with Gasteiger partial charge in [-0.15, -0.1) is 0 Å². The molecule has 0 heterocycles. The smallest absolute Gasteiger partial charge is 0.354 e. The Morgan fingerprint density at radius 1 is 0.897 bits per heavy atom. The molecule has 0 saturated carbocycles. The van der Waals surface area contributed by atoms with Gasteiger partial charge >= 0.3 is 6.18 Å². The second-order valence-corrected chi connectivity index (χ2v) is 6.23. The van der Waals surface area contributed by atoms with Crippen molar-refractivity contribution >= 4 is 28.7 Å². The predicted octanol–water partition coefficient (Wildman–Crippen LogP) is 4.38. The number of likely N-dealkylation sites (N-methyl/N-ethyl adjacent to an activating group) is 1. The van der Waals surface area contributed by atoms with Gasteiger partial charge in [0.15, 0.2) is 0 Å². The van der Waals surface area contributed by atoms with Crippen molar-refractivity contribution in [2.75, 3.05) is 7.05 Å². The fourth-order valence-corrected chi connectivity index (χ4v) is 2.83. The summed E-state index contributed by atoms with van der Waals surface area (Å²) in [6.07, 6.45) is -2.96. The van der Waals surface area contributed by atoms with Crippen molar-refractivity contribution in [1.29, 1.82) is 0 Å². The summed E-state index contributed by atoms with van der Waals surface area (Å²) >= 11 is 0. The molecular weight excluding hydrogens is 381 g/mol. The number of nitrogens with one attached hydrogen (secondary N) is 2. The maximum Gasteiger partial charge on any atom is 0.416 e. The minimum absolute atomic E-state index is 0.00530. The zero-order chi connectivity index (χ0) is 21.0. The average Bonchev–Trinajstić information content (AvgIpc) is 2.72. The number of fused-ring (bicyclic) bond motifs is 1. The number of carbonyl (C=O) groups is 2. The van der Waals surface area contributed by atoms with E-state index in [0.717, 1.165) is 40.6 Å². The highest BCUT2D eigenvalue weighted by Crippen LogP contribution is 2.29. The highest BCUT2D eigenvalue weighted by Gasteiger charge is 2.30. The van der Waals surface area contributed by atoms with Gasteiger partial charge in [-0.3, -0.25) is 9.59 Å². The van der Waals surface area contributed by atoms with Crippen molar-refractivity contribution in [2.24, 2.45) is 0 Å². The molecule has 0 aromatic heterocycles. The highest BCUT2D eigenvalue weighted by molar-refractivity contribution is 6.06. The van der Waals surface area contributed by atoms with Crippen molar-refractivity contribution in [3.8, 4) is 0 Å². The van der Waals surface area contributed by atoms with E-state index in [9.17, 15) is 22.8 Å². The van der Waals surface area contributed by atoms with E-state index in [1.165, 1.54) is 13.1 Å². The summed E-state index contributed by atoms with van der Waals surface area (Å²) in [5, 5.41) is 6.79. The summed E-state index contributed by atoms with van der Waals surface area (Å²) < 4.78 is 38.1. The Morgan fingerprint density at radius 2 is 1.55 bits per heavy atom. The number of halogens is 3. The lowest BCUT2D eigenvalue weighted by Gasteiger charge is -2.11. The van der Waals surface area contributed by atoms with Gasteiger partial charge in [0.05, 0.1) is 5.56 Å². The molecule has 0 spiro atoms. The zero-order valence-corrected chi connectivity index (χ0v) is 15.4. The maximum atomic E-state index is 12.7. The normalized spacial score (nSPS) is 11.9. The summed E-state index contributed by atoms with van der Waals surface area (Å²) in [5.41, 5.74) is -0.152. The van der Waals surface area contributed by atoms with E-state index in [4.69, 9.17) is 0 Å². The quantitative estimate of drug-likeness (QED) is 0.641. The number of carbonyl (C=O) groups excluding carboxylic acids is 2. The first-order chi connectivity index (χ1) is 13.8. The van der Waals surface area contributed by atoms with Gasteiger partial charge in [-0.1, -0.05) is 42.5 Å². The van der Waals surface area contributed by atoms with Crippen LogP contribution in [0.2, 0.25) is 0 Å². The Kier molecular flexibility index (Phi) is 5.68. The van der Waals surface area contributed by atoms with Gasteiger partial charge in [0, 0.05) is 12.6 Å². The molecular formula is C22H17F3N2O2. The first-order valence-electron chi connectivity index (χ1n) is 8.70. The highest BCUT2D eigenvalue weighted by atomic mass is 19.4. The van der Waals surface area contributed by atoms with Crippen LogP contribution in [0.15, 0.2) is 72.4 Å². The standard InChI is InChI=1S/C22H17F3N2O2/c1-26-21(29)19(13-16-7-4-6-14-5-2-3-8-18(14)16)27-20(28)15-9-11-17(12-10-15)22(23,24)25/h2-13H,1H3,(H,26,29)(H,27,28)/b19-13-. The van der Waals surface area contributed by atoms with Gasteiger partial charge in [0.2, 0.25) is 0 Å². The van der Waals surface area contributed by atoms with Gasteiger partial charge < -0.3 is 10.6 Å². The van der Waals surface area contributed by atoms with E-state index in [0.29, 0.717) is 0 Å². The summed E-state index contributed by atoms with van der Waals surface area (Å²) in [5.74, 6) is -1.22. The number of hydrogen-bond donors (Lipinski definition) is 2. The fraction of sp³-hybridized carbons (Fsp3) is 0.0909. The molecule has 7 heteroatoms. The number of benzene rings is 3. The Hall–Kier alpha value is -3.61. The molecule has 0 radical (unpaired) electrons. The van der Waals surface area contributed by atoms with E-state index < -0.39 is 23.6 Å². The Morgan fingerprint density at radius 3 is 2.21 bits per heavy atom. The van der Waals surface area contributed by atoms with Crippen molar-refractivity contribution in [1.82, 2.24) is 10.6 Å². The lowest BCUT2D eigenvalue weighted by Crippen LogP contribution is -2.33. The molecule has 0 aliphatic rings. The molecule has 0 bridgehead atoms. The van der Waals surface area contributed by atoms with Gasteiger partial charge in [-0.25, -0.2) is 0 Å². The average molecular weight is 398 g/mol. The molecule has 2 N–H and O–H groups in total. The van der Waals surface area contributed by atoms with Crippen LogP contribution >= 0.6 is 0 Å². The molecule has 148 valence electrons. The third-order valence-electron chi connectivity index (χ3n) is 4.32. The van der Waals surface area contributed by atoms with Crippen LogP contribution in [0.4, 0.5) is 13.2 Å². The topological polar surface area (TPSA) is 58.2 Å². The van der Waals surface area contributed by atoms with Crippen molar-refractivity contribution in [3.05, 3.63) is 89.1 Å². The van der Waals surface area contributed by atoms with Crippen LogP contribution in [0.25, 0.3) is 16.8 Å². The lowest BCUT2D eigenvalue weighted by atomic mass is 10.0. The predicted molar refractivity (Wildman–Crippen MR) is 105 cm³/mol. The molecule has 4 nitrogen and oxygen atoms in total. The third-order valence-corrected chi connectivity index (χ3v) is 4.32. The first kappa shape index (κ1) is 20.1. The third kappa shape index (κ3) is 4.63. The second-order valence-electron chi connectivity index (χ2n) is 6.23. The van der Waals surface area contributed by atoms with Crippen LogP contribution in [-0.2, 0) is 11.0 Å². The number of hydrogen-bond acceptors (Lipinski definition) is 2. The van der Waals surface area contributed by atoms with Crippen molar-refractivity contribution in [3.63, 3.8) is 0 Å². The number of alkyl halides is 3. The minimum Gasteiger partial charge on any atom is -0.354 e. The van der Waals surface area contributed by atoms with Crippen LogP contribution in [0.1, 0.15) is 21.5 Å². The first-order valence-corrected chi connectivity index (χ1v) is 8.70. The van der Waals surface area contributed by atoms with Crippen molar-refractivity contribution < 1.29 is 22.8 Å². The summed E-state index contributed by atoms with van der Waals surface area (Å²) in [4.78, 5) is 24.7. The summed E-state index contributed by atoms with van der Waals surface area (Å²) in [6.45, 7) is 0. The summed E-state index contributed by atoms with van der Waals surface area (Å²) in [6, 6.07) is 16.9. The van der Waals surface area contributed by atoms with E-state index >= 15 is 0 Å². The second kappa shape index (κ2) is 8.18. The van der Waals surface area contributed by atoms with Gasteiger partial charge in [0.25, 0.3) is 11.8 Å². The number of rotatable bonds is 4. The van der Waals surface area contributed by atoms with Crippen LogP contribution < -0.4 is 10.6 Å². The zero-order valence-electron chi connectivity index (χ0n) is 15.4. The van der Waals surface area contributed by atoms with E-state index in [1.807, 2.05) is 36.4 Å². The molecule has 29 heavy (non-hydrogen) atoms. The fourth-order valence-electron chi connectivity index (χ4n) is 2.83. The van der Waals surface area contributed by atoms with Gasteiger partial charge in [-0.05, 0) is 46.7 Å². The largest absolute Gasteiger partial charge is 0.416 e. The molecule has 0 saturated heterocycles. The van der Waals surface area contributed by atoms with Crippen LogP contribution in [-0.4, -0.2) is 18.9 Å². The van der Waals surface area contributed by atoms with E-state index in [2.05, 4.69) is 10.6 Å². The molecule has 0 aliphatic carbocycles. The van der Waals surface area contributed by atoms with Crippen LogP contribution in [0.5, 0.6) is 0 Å². The molecule has 3 aromatic carbocycles. The molecule has 2 amide bonds. The molecule has 0 unspecified atom stereocenters. The van der Waals surface area contributed by atoms with Gasteiger partial charge in [-0.2, -0.15) is 13.2 Å². The summed E-state index contributed by atoms with van der Waals surface area (Å²) in [7, 11) is 1.42. The van der Waals surface area contributed by atoms with Crippen LogP contribution in [0.3, 0.4) is 0 Å². The van der Waals surface area contributed by atoms with Gasteiger partial charge in [0.1, 0.15) is 5.70 Å². The maximum absolute atomic E-state index is 12.7. The Balaban J connectivity index is 1.92. The molecule has 3 aromatic rings. The molecule has 3 rings (SSSR count). The Bertz CT molecular complexity index is 1080. The van der Waals surface area contributed by atoms with E-state index in [1.54, 1.807) is 6.07 Å². The Labute approximate surface area is 165 Å². The number of amides is 2. The molecule has 0 fully saturated rings. The van der Waals surface area contributed by atoms with E-state index in [-0.39, 0.29) is 11.3 Å². The lowest BCUT2D eigenvalue weighted by molar-refractivity contribution is -0.137. The monoisotopic (exact) mass is 398 g/mol. The SMILES string of the molecule is CNC(=O)/C(=C/c1cccc2ccccc12)NC(=O)c1ccc(C(F)(F)F)cc1.